The summed E-state index contributed by atoms with van der Waals surface area (Å²) in [5, 5.41) is 9.39. The van der Waals surface area contributed by atoms with Gasteiger partial charge in [0.15, 0.2) is 0 Å². The van der Waals surface area contributed by atoms with Crippen molar-refractivity contribution in [3.63, 3.8) is 0 Å². The Balaban J connectivity index is 1.95. The Morgan fingerprint density at radius 2 is 2.56 bits per heavy atom. The number of likely N-dealkylation sites (tertiary alicyclic amines) is 1. The summed E-state index contributed by atoms with van der Waals surface area (Å²) in [6.07, 6.45) is 2.42. The molecule has 1 aromatic heterocycles. The molecule has 1 fully saturated rings. The third kappa shape index (κ3) is 2.43. The van der Waals surface area contributed by atoms with Gasteiger partial charge in [-0.25, -0.2) is 4.79 Å². The molecule has 5 heteroatoms. The SMILES string of the molecule is COC(=O)c1cc(CN2CC[C@@H](O)C2)c[nH]1. The van der Waals surface area contributed by atoms with Gasteiger partial charge in [0, 0.05) is 25.8 Å². The maximum Gasteiger partial charge on any atom is 0.354 e. The van der Waals surface area contributed by atoms with Gasteiger partial charge in [-0.3, -0.25) is 4.90 Å². The van der Waals surface area contributed by atoms with Gasteiger partial charge in [0.05, 0.1) is 13.2 Å². The van der Waals surface area contributed by atoms with Crippen molar-refractivity contribution >= 4 is 5.97 Å². The van der Waals surface area contributed by atoms with Crippen LogP contribution in [0.5, 0.6) is 0 Å². The average Bonchev–Trinajstić information content (AvgIpc) is 2.87. The molecule has 2 rings (SSSR count). The number of rotatable bonds is 3. The number of hydrogen-bond donors (Lipinski definition) is 2. The van der Waals surface area contributed by atoms with Crippen LogP contribution < -0.4 is 0 Å². The number of esters is 1. The number of ether oxygens (including phenoxy) is 1. The average molecular weight is 224 g/mol. The number of aliphatic hydroxyl groups excluding tert-OH is 1. The Hall–Kier alpha value is -1.33. The van der Waals surface area contributed by atoms with Crippen molar-refractivity contribution < 1.29 is 14.6 Å². The quantitative estimate of drug-likeness (QED) is 0.728. The van der Waals surface area contributed by atoms with Crippen molar-refractivity contribution in [1.82, 2.24) is 9.88 Å². The molecule has 5 nitrogen and oxygen atoms in total. The minimum atomic E-state index is -0.354. The predicted octanol–water partition coefficient (Wildman–Crippen LogP) is 0.368. The van der Waals surface area contributed by atoms with Gasteiger partial charge in [0.25, 0.3) is 0 Å². The minimum absolute atomic E-state index is 0.209. The van der Waals surface area contributed by atoms with Crippen LogP contribution in [0.3, 0.4) is 0 Å². The van der Waals surface area contributed by atoms with Gasteiger partial charge in [-0.05, 0) is 18.1 Å². The van der Waals surface area contributed by atoms with Gasteiger partial charge in [-0.1, -0.05) is 0 Å². The monoisotopic (exact) mass is 224 g/mol. The van der Waals surface area contributed by atoms with E-state index in [0.717, 1.165) is 25.1 Å². The second-order valence-electron chi connectivity index (χ2n) is 4.09. The van der Waals surface area contributed by atoms with Gasteiger partial charge in [0.1, 0.15) is 5.69 Å². The van der Waals surface area contributed by atoms with E-state index < -0.39 is 0 Å². The molecule has 16 heavy (non-hydrogen) atoms. The molecule has 1 saturated heterocycles. The highest BCUT2D eigenvalue weighted by atomic mass is 16.5. The fraction of sp³-hybridized carbons (Fsp3) is 0.545. The van der Waals surface area contributed by atoms with E-state index in [1.54, 1.807) is 12.3 Å². The van der Waals surface area contributed by atoms with E-state index >= 15 is 0 Å². The molecule has 0 radical (unpaired) electrons. The number of nitrogens with zero attached hydrogens (tertiary/aromatic N) is 1. The van der Waals surface area contributed by atoms with Crippen LogP contribution in [0, 0.1) is 0 Å². The maximum absolute atomic E-state index is 11.2. The van der Waals surface area contributed by atoms with Crippen LogP contribution in [0.4, 0.5) is 0 Å². The van der Waals surface area contributed by atoms with E-state index in [-0.39, 0.29) is 12.1 Å². The molecular formula is C11H16N2O3. The van der Waals surface area contributed by atoms with Gasteiger partial charge in [-0.15, -0.1) is 0 Å². The number of hydrogen-bond acceptors (Lipinski definition) is 4. The number of methoxy groups -OCH3 is 1. The van der Waals surface area contributed by atoms with Crippen LogP contribution in [-0.2, 0) is 11.3 Å². The van der Waals surface area contributed by atoms with E-state index in [9.17, 15) is 9.90 Å². The molecule has 0 aromatic carbocycles. The number of aromatic nitrogens is 1. The lowest BCUT2D eigenvalue weighted by Gasteiger charge is -2.12. The number of β-amino-alcohol motifs (C(OH)–C–C–N with tert-alkyl or cyclic N) is 1. The largest absolute Gasteiger partial charge is 0.464 e. The molecule has 2 N–H and O–H groups in total. The summed E-state index contributed by atoms with van der Waals surface area (Å²) in [4.78, 5) is 16.2. The summed E-state index contributed by atoms with van der Waals surface area (Å²) < 4.78 is 4.61. The molecule has 0 aliphatic carbocycles. The first-order valence-electron chi connectivity index (χ1n) is 5.35. The van der Waals surface area contributed by atoms with Crippen LogP contribution in [0.25, 0.3) is 0 Å². The second-order valence-corrected chi connectivity index (χ2v) is 4.09. The Bertz CT molecular complexity index is 375. The third-order valence-corrected chi connectivity index (χ3v) is 2.80. The number of carbonyl (C=O) groups is 1. The van der Waals surface area contributed by atoms with Gasteiger partial charge < -0.3 is 14.8 Å². The van der Waals surface area contributed by atoms with Gasteiger partial charge in [0.2, 0.25) is 0 Å². The van der Waals surface area contributed by atoms with Crippen molar-refractivity contribution in [1.29, 1.82) is 0 Å². The predicted molar refractivity (Wildman–Crippen MR) is 58.0 cm³/mol. The Morgan fingerprint density at radius 1 is 1.75 bits per heavy atom. The van der Waals surface area contributed by atoms with Crippen molar-refractivity contribution in [3.8, 4) is 0 Å². The highest BCUT2D eigenvalue weighted by molar-refractivity contribution is 5.87. The van der Waals surface area contributed by atoms with E-state index in [0.29, 0.717) is 12.2 Å². The minimum Gasteiger partial charge on any atom is -0.464 e. The van der Waals surface area contributed by atoms with Crippen LogP contribution in [0.2, 0.25) is 0 Å². The topological polar surface area (TPSA) is 65.6 Å². The fourth-order valence-electron chi connectivity index (χ4n) is 1.97. The standard InChI is InChI=1S/C11H16N2O3/c1-16-11(15)10-4-8(5-12-10)6-13-3-2-9(14)7-13/h4-5,9,12,14H,2-3,6-7H2,1H3/t9-/m1/s1. The summed E-state index contributed by atoms with van der Waals surface area (Å²) in [5.74, 6) is -0.354. The summed E-state index contributed by atoms with van der Waals surface area (Å²) in [7, 11) is 1.36. The molecule has 88 valence electrons. The van der Waals surface area contributed by atoms with E-state index in [2.05, 4.69) is 14.6 Å². The summed E-state index contributed by atoms with van der Waals surface area (Å²) in [6, 6.07) is 1.79. The molecule has 0 amide bonds. The summed E-state index contributed by atoms with van der Waals surface area (Å²) in [5.41, 5.74) is 1.51. The molecule has 2 heterocycles. The first-order valence-corrected chi connectivity index (χ1v) is 5.35. The molecule has 1 aliphatic rings. The van der Waals surface area contributed by atoms with E-state index in [1.807, 2.05) is 0 Å². The van der Waals surface area contributed by atoms with Crippen molar-refractivity contribution in [3.05, 3.63) is 23.5 Å². The van der Waals surface area contributed by atoms with Crippen molar-refractivity contribution in [2.75, 3.05) is 20.2 Å². The van der Waals surface area contributed by atoms with Crippen molar-refractivity contribution in [2.45, 2.75) is 19.1 Å². The molecule has 0 bridgehead atoms. The number of aliphatic hydroxyl groups is 1. The van der Waals surface area contributed by atoms with E-state index in [1.165, 1.54) is 7.11 Å². The van der Waals surface area contributed by atoms with Gasteiger partial charge >= 0.3 is 5.97 Å². The third-order valence-electron chi connectivity index (χ3n) is 2.80. The lowest BCUT2D eigenvalue weighted by atomic mass is 10.3. The molecule has 1 atom stereocenters. The first-order chi connectivity index (χ1) is 7.69. The van der Waals surface area contributed by atoms with Crippen LogP contribution in [-0.4, -0.2) is 47.3 Å². The first kappa shape index (κ1) is 11.2. The highest BCUT2D eigenvalue weighted by Gasteiger charge is 2.20. The van der Waals surface area contributed by atoms with Crippen LogP contribution in [0.1, 0.15) is 22.5 Å². The molecule has 0 saturated carbocycles. The Morgan fingerprint density at radius 3 is 3.19 bits per heavy atom. The zero-order valence-electron chi connectivity index (χ0n) is 9.27. The zero-order chi connectivity index (χ0) is 11.5. The molecular weight excluding hydrogens is 208 g/mol. The highest BCUT2D eigenvalue weighted by Crippen LogP contribution is 2.14. The van der Waals surface area contributed by atoms with Crippen molar-refractivity contribution in [2.24, 2.45) is 0 Å². The maximum atomic E-state index is 11.2. The number of nitrogens with one attached hydrogen (secondary N) is 1. The Labute approximate surface area is 94.0 Å². The van der Waals surface area contributed by atoms with Gasteiger partial charge in [-0.2, -0.15) is 0 Å². The fourth-order valence-corrected chi connectivity index (χ4v) is 1.97. The lowest BCUT2D eigenvalue weighted by Crippen LogP contribution is -2.21. The molecule has 0 spiro atoms. The van der Waals surface area contributed by atoms with E-state index in [4.69, 9.17) is 0 Å². The smallest absolute Gasteiger partial charge is 0.354 e. The number of carbonyl (C=O) groups excluding carboxylic acids is 1. The lowest BCUT2D eigenvalue weighted by molar-refractivity contribution is 0.0594. The Kier molecular flexibility index (Phi) is 3.26. The molecule has 1 aliphatic heterocycles. The zero-order valence-corrected chi connectivity index (χ0v) is 9.27. The molecule has 0 unspecified atom stereocenters. The normalized spacial score (nSPS) is 21.2. The van der Waals surface area contributed by atoms with Crippen LogP contribution >= 0.6 is 0 Å². The second kappa shape index (κ2) is 4.67. The van der Waals surface area contributed by atoms with Crippen LogP contribution in [0.15, 0.2) is 12.3 Å². The molecule has 1 aromatic rings. The summed E-state index contributed by atoms with van der Waals surface area (Å²) >= 11 is 0. The number of aromatic amines is 1. The summed E-state index contributed by atoms with van der Waals surface area (Å²) in [6.45, 7) is 2.36. The number of H-pyrrole nitrogens is 1.